The van der Waals surface area contributed by atoms with E-state index in [4.69, 9.17) is 71.0 Å². The van der Waals surface area contributed by atoms with Crippen molar-refractivity contribution in [3.8, 4) is 0 Å². The van der Waals surface area contributed by atoms with Crippen molar-refractivity contribution in [3.05, 3.63) is 39.4 Å². The molecule has 0 aromatic heterocycles. The molecule has 0 spiro atoms. The third-order valence-corrected chi connectivity index (χ3v) is 0. The van der Waals surface area contributed by atoms with Crippen molar-refractivity contribution in [2.75, 3.05) is 0 Å². The van der Waals surface area contributed by atoms with Crippen LogP contribution in [0.5, 0.6) is 0 Å². The Morgan fingerprint density at radius 1 is 0.375 bits per heavy atom. The van der Waals surface area contributed by atoms with Gasteiger partial charge in [-0.15, -0.1) is 0 Å². The Balaban J connectivity index is -0.00000000321. The van der Waals surface area contributed by atoms with E-state index < -0.39 is 0 Å². The predicted octanol–water partition coefficient (Wildman–Crippen LogP) is -3.18. The Morgan fingerprint density at radius 3 is 0.375 bits per heavy atom. The minimum Gasteiger partial charge on any atom is -0.512 e. The van der Waals surface area contributed by atoms with Gasteiger partial charge in [0.05, 0.1) is 0 Å². The fourth-order valence-electron chi connectivity index (χ4n) is 0. The van der Waals surface area contributed by atoms with Gasteiger partial charge in [0.2, 0.25) is 0 Å². The van der Waals surface area contributed by atoms with Gasteiger partial charge in [-0.25, -0.2) is 0 Å². The minimum atomic E-state index is 0. The fraction of sp³-hybridized carbons (Fsp3) is 0. The van der Waals surface area contributed by atoms with Crippen molar-refractivity contribution in [2.45, 2.75) is 0 Å². The van der Waals surface area contributed by atoms with Gasteiger partial charge in [-0.3, -0.25) is 0 Å². The van der Waals surface area contributed by atoms with Gasteiger partial charge in [0, 0.05) is 138 Å². The first kappa shape index (κ1) is 73.5. The van der Waals surface area contributed by atoms with Crippen molar-refractivity contribution >= 4 is 138 Å². The summed E-state index contributed by atoms with van der Waals surface area (Å²) in [5.74, 6) is 0. The van der Waals surface area contributed by atoms with Crippen molar-refractivity contribution < 1.29 is 86.0 Å². The molecule has 6 nitrogen and oxygen atoms in total. The van der Waals surface area contributed by atoms with E-state index in [1.54, 1.807) is 0 Å². The zero-order valence-corrected chi connectivity index (χ0v) is 29.0. The van der Waals surface area contributed by atoms with Crippen LogP contribution >= 0.6 is 0 Å². The second-order valence-corrected chi connectivity index (χ2v) is 0. The Hall–Kier alpha value is 3.62. The summed E-state index contributed by atoms with van der Waals surface area (Å²) in [5, 5.41) is 37.5. The van der Waals surface area contributed by atoms with Crippen LogP contribution in [0, 0.1) is 71.0 Å². The van der Waals surface area contributed by atoms with E-state index in [1.807, 2.05) is 0 Å². The van der Waals surface area contributed by atoms with Gasteiger partial charge in [-0.1, -0.05) is 0 Å². The fourth-order valence-corrected chi connectivity index (χ4v) is 0. The zero-order valence-electron chi connectivity index (χ0n) is 9.04. The summed E-state index contributed by atoms with van der Waals surface area (Å²) in [6.07, 6.45) is 0. The van der Waals surface area contributed by atoms with Crippen LogP contribution in [-0.2, 0) is 17.1 Å². The van der Waals surface area contributed by atoms with Crippen LogP contribution in [-0.4, -0.2) is 138 Å². The maximum Gasteiger partial charge on any atom is 5.00 e. The first-order chi connectivity index (χ1) is 6.00. The monoisotopic (exact) mass is 611 g/mol. The summed E-state index contributed by atoms with van der Waals surface area (Å²) in [6, 6.07) is 0. The Labute approximate surface area is 284 Å². The normalized spacial score (nSPS) is 0.750. The molecule has 0 aliphatic heterocycles. The molecule has 0 unspecified atom stereocenters. The molecule has 0 aromatic carbocycles. The summed E-state index contributed by atoms with van der Waals surface area (Å²) >= 11 is 0. The molecule has 0 aliphatic carbocycles. The molecule has 0 aromatic rings. The van der Waals surface area contributed by atoms with E-state index in [0.717, 1.165) is 0 Å². The SMILES string of the molecule is [C-]#N.[C-]#N.[C-]#N.[C-]#N.[C-]#N.[C-]#N.[Cs+].[Cs].[Cs].[Fe+5]. The number of hydrogen-bond donors (Lipinski definition) is 0. The predicted molar refractivity (Wildman–Crippen MR) is 41.3 cm³/mol. The molecule has 0 heterocycles. The molecular formula is C6Cs3FeN6. The Morgan fingerprint density at radius 2 is 0.375 bits per heavy atom. The summed E-state index contributed by atoms with van der Waals surface area (Å²) in [4.78, 5) is 0. The van der Waals surface area contributed by atoms with E-state index in [2.05, 4.69) is 0 Å². The third kappa shape index (κ3) is 372. The van der Waals surface area contributed by atoms with Crippen LogP contribution in [0.25, 0.3) is 0 Å². The Bertz CT molecular complexity index is 103. The zero-order chi connectivity index (χ0) is 12.0. The van der Waals surface area contributed by atoms with Crippen LogP contribution in [0.4, 0.5) is 0 Å². The van der Waals surface area contributed by atoms with Gasteiger partial charge < -0.3 is 71.0 Å². The molecule has 0 amide bonds. The molecule has 0 N–H and O–H groups in total. The van der Waals surface area contributed by atoms with Crippen molar-refractivity contribution in [1.29, 1.82) is 31.6 Å². The summed E-state index contributed by atoms with van der Waals surface area (Å²) < 4.78 is 0. The summed E-state index contributed by atoms with van der Waals surface area (Å²) in [5.41, 5.74) is 0. The van der Waals surface area contributed by atoms with E-state index in [9.17, 15) is 0 Å². The van der Waals surface area contributed by atoms with Gasteiger partial charge in [0.15, 0.2) is 0 Å². The third-order valence-electron chi connectivity index (χ3n) is 0. The maximum atomic E-state index is 6.25. The first-order valence-electron chi connectivity index (χ1n) is 1.34. The molecule has 3 radical (unpaired) electrons. The standard InChI is InChI=1S/6CN.3Cs.Fe/c6*1-2;;;;/q6*-1;;;+1;+5. The number of rotatable bonds is 0. The first-order valence-corrected chi connectivity index (χ1v) is 1.34. The second-order valence-electron chi connectivity index (χ2n) is 0. The average molecular weight is 611 g/mol. The maximum absolute atomic E-state index is 6.25. The molecule has 0 fully saturated rings. The van der Waals surface area contributed by atoms with E-state index in [0.29, 0.717) is 0 Å². The molecule has 65 valence electrons. The summed E-state index contributed by atoms with van der Waals surface area (Å²) in [6.45, 7) is 28.5. The van der Waals surface area contributed by atoms with Crippen LogP contribution in [0.15, 0.2) is 0 Å². The molecule has 0 saturated carbocycles. The molecule has 0 atom stereocenters. The van der Waals surface area contributed by atoms with E-state index in [1.165, 1.54) is 0 Å². The topological polar surface area (TPSA) is 143 Å². The van der Waals surface area contributed by atoms with Crippen LogP contribution in [0.3, 0.4) is 0 Å². The van der Waals surface area contributed by atoms with Crippen molar-refractivity contribution in [3.63, 3.8) is 0 Å². The van der Waals surface area contributed by atoms with Gasteiger partial charge >= 0.3 is 86.0 Å². The molecule has 0 saturated heterocycles. The van der Waals surface area contributed by atoms with Crippen molar-refractivity contribution in [2.24, 2.45) is 0 Å². The number of nitrogens with zero attached hydrogens (tertiary/aromatic N) is 6. The van der Waals surface area contributed by atoms with Gasteiger partial charge in [-0.2, -0.15) is 0 Å². The molecular weight excluding hydrogens is 611 g/mol. The Kier molecular flexibility index (Phi) is 2030. The molecule has 10 heteroatoms. The molecule has 16 heavy (non-hydrogen) atoms. The summed E-state index contributed by atoms with van der Waals surface area (Å²) in [7, 11) is 0. The molecule has 0 aliphatic rings. The van der Waals surface area contributed by atoms with Crippen LogP contribution in [0.2, 0.25) is 0 Å². The smallest absolute Gasteiger partial charge is 0.512 e. The molecule has 0 bridgehead atoms. The van der Waals surface area contributed by atoms with Gasteiger partial charge in [0.1, 0.15) is 0 Å². The van der Waals surface area contributed by atoms with Crippen LogP contribution < -0.4 is 68.9 Å². The second kappa shape index (κ2) is 442. The van der Waals surface area contributed by atoms with E-state index >= 15 is 0 Å². The van der Waals surface area contributed by atoms with Gasteiger partial charge in [0.25, 0.3) is 0 Å². The quantitative estimate of drug-likeness (QED) is 0.209. The largest absolute Gasteiger partial charge is 5.00 e. The average Bonchev–Trinajstić information content (AvgIpc) is 2.33. The van der Waals surface area contributed by atoms with E-state index in [-0.39, 0.29) is 224 Å². The number of hydrogen-bond acceptors (Lipinski definition) is 6. The van der Waals surface area contributed by atoms with Gasteiger partial charge in [-0.05, 0) is 0 Å². The minimum absolute atomic E-state index is 0. The molecule has 0 rings (SSSR count). The van der Waals surface area contributed by atoms with Crippen LogP contribution in [0.1, 0.15) is 0 Å². The van der Waals surface area contributed by atoms with Crippen molar-refractivity contribution in [1.82, 2.24) is 0 Å².